The smallest absolute Gasteiger partial charge is 0.254 e. The van der Waals surface area contributed by atoms with Crippen molar-refractivity contribution in [1.29, 1.82) is 0 Å². The van der Waals surface area contributed by atoms with Gasteiger partial charge in [-0.1, -0.05) is 97.0 Å². The van der Waals surface area contributed by atoms with Crippen molar-refractivity contribution >= 4 is 17.2 Å². The number of carbonyl (C=O) groups is 1. The molecule has 0 atom stereocenters. The summed E-state index contributed by atoms with van der Waals surface area (Å²) in [5.41, 5.74) is 6.85. The molecule has 0 unspecified atom stereocenters. The monoisotopic (exact) mass is 389 g/mol. The van der Waals surface area contributed by atoms with Crippen LogP contribution in [0.5, 0.6) is 0 Å². The Balaban J connectivity index is 2.24. The van der Waals surface area contributed by atoms with Crippen LogP contribution in [0.15, 0.2) is 54.1 Å². The number of carbonyl (C=O) groups excluding carboxylic acids is 1. The molecule has 2 aromatic rings. The number of para-hydroxylation sites is 1. The van der Waals surface area contributed by atoms with Gasteiger partial charge in [0.1, 0.15) is 0 Å². The first-order valence-electron chi connectivity index (χ1n) is 10.9. The first-order chi connectivity index (χ1) is 13.7. The van der Waals surface area contributed by atoms with E-state index in [0.717, 1.165) is 17.7 Å². The van der Waals surface area contributed by atoms with Crippen LogP contribution in [0.1, 0.15) is 83.4 Å². The van der Waals surface area contributed by atoms with E-state index in [1.807, 2.05) is 6.07 Å². The topological polar surface area (TPSA) is 20.3 Å². The summed E-state index contributed by atoms with van der Waals surface area (Å²) in [6.07, 6.45) is 0.740. The predicted molar refractivity (Wildman–Crippen MR) is 124 cm³/mol. The van der Waals surface area contributed by atoms with Crippen molar-refractivity contribution in [3.05, 3.63) is 70.8 Å². The van der Waals surface area contributed by atoms with Crippen molar-refractivity contribution in [1.82, 2.24) is 0 Å². The second-order valence-electron chi connectivity index (χ2n) is 9.44. The molecule has 1 aliphatic heterocycles. The fourth-order valence-electron chi connectivity index (χ4n) is 4.73. The first kappa shape index (κ1) is 21.4. The Morgan fingerprint density at radius 2 is 1.45 bits per heavy atom. The molecule has 0 N–H and O–H groups in total. The van der Waals surface area contributed by atoms with Crippen LogP contribution in [0.2, 0.25) is 0 Å². The molecule has 2 heteroatoms. The Morgan fingerprint density at radius 1 is 0.897 bits per heavy atom. The fourth-order valence-corrected chi connectivity index (χ4v) is 4.73. The number of nitrogens with zero attached hydrogens (tertiary/aromatic N) is 1. The maximum absolute atomic E-state index is 13.8. The van der Waals surface area contributed by atoms with Crippen molar-refractivity contribution in [3.63, 3.8) is 0 Å². The molecule has 154 valence electrons. The second kappa shape index (κ2) is 8.18. The van der Waals surface area contributed by atoms with Crippen LogP contribution in [-0.2, 0) is 4.79 Å². The minimum Gasteiger partial charge on any atom is -0.307 e. The zero-order valence-electron chi connectivity index (χ0n) is 19.0. The first-order valence-corrected chi connectivity index (χ1v) is 10.9. The third kappa shape index (κ3) is 3.90. The number of anilines is 1. The van der Waals surface area contributed by atoms with Gasteiger partial charge in [0.05, 0.1) is 5.69 Å². The SMILES string of the molecule is CCC1=C(c2ccccc2)C(C)(C)CN(c2c(C(C)C)cccc2C(C)C)C1=O. The molecule has 3 rings (SSSR count). The van der Waals surface area contributed by atoms with E-state index < -0.39 is 0 Å². The van der Waals surface area contributed by atoms with Crippen LogP contribution < -0.4 is 4.90 Å². The van der Waals surface area contributed by atoms with Gasteiger partial charge >= 0.3 is 0 Å². The highest BCUT2D eigenvalue weighted by Crippen LogP contribution is 2.46. The lowest BCUT2D eigenvalue weighted by molar-refractivity contribution is -0.115. The molecule has 29 heavy (non-hydrogen) atoms. The minimum absolute atomic E-state index is 0.126. The van der Waals surface area contributed by atoms with Crippen LogP contribution in [0.4, 0.5) is 5.69 Å². The summed E-state index contributed by atoms with van der Waals surface area (Å²) >= 11 is 0. The van der Waals surface area contributed by atoms with Crippen molar-refractivity contribution in [2.24, 2.45) is 5.41 Å². The Morgan fingerprint density at radius 3 is 1.93 bits per heavy atom. The largest absolute Gasteiger partial charge is 0.307 e. The van der Waals surface area contributed by atoms with E-state index in [9.17, 15) is 4.79 Å². The molecule has 0 saturated carbocycles. The van der Waals surface area contributed by atoms with Crippen LogP contribution in [0.25, 0.3) is 5.57 Å². The normalized spacial score (nSPS) is 16.9. The number of rotatable bonds is 5. The van der Waals surface area contributed by atoms with Gasteiger partial charge in [-0.15, -0.1) is 0 Å². The third-order valence-electron chi connectivity index (χ3n) is 6.06. The van der Waals surface area contributed by atoms with Gasteiger partial charge in [-0.3, -0.25) is 4.79 Å². The van der Waals surface area contributed by atoms with Crippen molar-refractivity contribution in [2.45, 2.75) is 66.7 Å². The van der Waals surface area contributed by atoms with Gasteiger partial charge in [-0.2, -0.15) is 0 Å². The molecule has 0 fully saturated rings. The van der Waals surface area contributed by atoms with E-state index in [4.69, 9.17) is 0 Å². The predicted octanol–water partition coefficient (Wildman–Crippen LogP) is 7.17. The maximum Gasteiger partial charge on any atom is 0.254 e. The Labute approximate surface area is 176 Å². The molecular formula is C27H35NO. The van der Waals surface area contributed by atoms with E-state index in [2.05, 4.69) is 95.8 Å². The van der Waals surface area contributed by atoms with E-state index in [-0.39, 0.29) is 11.3 Å². The van der Waals surface area contributed by atoms with Gasteiger partial charge in [0, 0.05) is 17.5 Å². The van der Waals surface area contributed by atoms with Gasteiger partial charge in [-0.25, -0.2) is 0 Å². The summed E-state index contributed by atoms with van der Waals surface area (Å²) in [6, 6.07) is 16.9. The molecular weight excluding hydrogens is 354 g/mol. The molecule has 2 nitrogen and oxygen atoms in total. The van der Waals surface area contributed by atoms with Crippen molar-refractivity contribution < 1.29 is 4.79 Å². The summed E-state index contributed by atoms with van der Waals surface area (Å²) in [6.45, 7) is 16.2. The summed E-state index contributed by atoms with van der Waals surface area (Å²) in [5.74, 6) is 0.897. The van der Waals surface area contributed by atoms with Crippen molar-refractivity contribution in [3.8, 4) is 0 Å². The lowest BCUT2D eigenvalue weighted by Crippen LogP contribution is -2.46. The maximum atomic E-state index is 13.8. The zero-order chi connectivity index (χ0) is 21.3. The number of hydrogen-bond acceptors (Lipinski definition) is 1. The highest BCUT2D eigenvalue weighted by Gasteiger charge is 2.40. The number of amides is 1. The van der Waals surface area contributed by atoms with E-state index in [0.29, 0.717) is 18.4 Å². The van der Waals surface area contributed by atoms with E-state index >= 15 is 0 Å². The van der Waals surface area contributed by atoms with E-state index in [1.54, 1.807) is 0 Å². The van der Waals surface area contributed by atoms with Gasteiger partial charge in [0.15, 0.2) is 0 Å². The summed E-state index contributed by atoms with van der Waals surface area (Å²) < 4.78 is 0. The average Bonchev–Trinajstić information content (AvgIpc) is 2.68. The van der Waals surface area contributed by atoms with Crippen LogP contribution in [-0.4, -0.2) is 12.5 Å². The molecule has 0 saturated heterocycles. The summed E-state index contributed by atoms with van der Waals surface area (Å²) in [5, 5.41) is 0. The minimum atomic E-state index is -0.126. The molecule has 1 aliphatic rings. The van der Waals surface area contributed by atoms with Gasteiger partial charge in [0.25, 0.3) is 5.91 Å². The van der Waals surface area contributed by atoms with Crippen molar-refractivity contribution in [2.75, 3.05) is 11.4 Å². The van der Waals surface area contributed by atoms with Crippen LogP contribution in [0, 0.1) is 5.41 Å². The zero-order valence-corrected chi connectivity index (χ0v) is 19.0. The molecule has 2 aromatic carbocycles. The Bertz CT molecular complexity index is 893. The van der Waals surface area contributed by atoms with Gasteiger partial charge in [0.2, 0.25) is 0 Å². The summed E-state index contributed by atoms with van der Waals surface area (Å²) in [7, 11) is 0. The molecule has 0 radical (unpaired) electrons. The number of hydrogen-bond donors (Lipinski definition) is 0. The van der Waals surface area contributed by atoms with Crippen LogP contribution in [0.3, 0.4) is 0 Å². The molecule has 0 spiro atoms. The van der Waals surface area contributed by atoms with Gasteiger partial charge in [-0.05, 0) is 40.5 Å². The van der Waals surface area contributed by atoms with E-state index in [1.165, 1.54) is 22.3 Å². The molecule has 0 aliphatic carbocycles. The quantitative estimate of drug-likeness (QED) is 0.531. The lowest BCUT2D eigenvalue weighted by Gasteiger charge is -2.43. The molecule has 1 heterocycles. The Kier molecular flexibility index (Phi) is 6.03. The fraction of sp³-hybridized carbons (Fsp3) is 0.444. The highest BCUT2D eigenvalue weighted by atomic mass is 16.2. The highest BCUT2D eigenvalue weighted by molar-refractivity contribution is 6.13. The number of benzene rings is 2. The second-order valence-corrected chi connectivity index (χ2v) is 9.44. The molecule has 0 bridgehead atoms. The van der Waals surface area contributed by atoms with Crippen LogP contribution >= 0.6 is 0 Å². The average molecular weight is 390 g/mol. The molecule has 1 amide bonds. The molecule has 0 aromatic heterocycles. The lowest BCUT2D eigenvalue weighted by atomic mass is 9.73. The summed E-state index contributed by atoms with van der Waals surface area (Å²) in [4.78, 5) is 15.9. The standard InChI is InChI=1S/C27H35NO/c1-8-21-24(20-13-10-9-11-14-20)27(6,7)17-28(26(21)29)25-22(18(2)3)15-12-16-23(25)19(4)5/h9-16,18-19H,8,17H2,1-7H3. The Hall–Kier alpha value is -2.35. The third-order valence-corrected chi connectivity index (χ3v) is 6.06. The van der Waals surface area contributed by atoms with Gasteiger partial charge < -0.3 is 4.90 Å².